The second-order valence-electron chi connectivity index (χ2n) is 5.05. The van der Waals surface area contributed by atoms with Crippen LogP contribution in [0.15, 0.2) is 48.7 Å². The molecule has 0 N–H and O–H groups in total. The van der Waals surface area contributed by atoms with Gasteiger partial charge in [-0.25, -0.2) is 0 Å². The van der Waals surface area contributed by atoms with Gasteiger partial charge >= 0.3 is 0 Å². The smallest absolute Gasteiger partial charge is 0.0496 e. The maximum absolute atomic E-state index is 6.33. The van der Waals surface area contributed by atoms with Crippen LogP contribution in [0, 0.1) is 0 Å². The van der Waals surface area contributed by atoms with Crippen molar-refractivity contribution in [2.75, 3.05) is 14.1 Å². The fraction of sp³-hybridized carbons (Fsp3) is 0.176. The van der Waals surface area contributed by atoms with Crippen molar-refractivity contribution in [2.24, 2.45) is 0 Å². The van der Waals surface area contributed by atoms with Gasteiger partial charge in [0, 0.05) is 35.4 Å². The molecule has 0 spiro atoms. The van der Waals surface area contributed by atoms with Crippen LogP contribution in [0.3, 0.4) is 0 Å². The Bertz CT molecular complexity index is 646. The number of halogens is 3. The van der Waals surface area contributed by atoms with Crippen molar-refractivity contribution in [3.05, 3.63) is 74.9 Å². The van der Waals surface area contributed by atoms with Crippen molar-refractivity contribution in [2.45, 2.75) is 6.42 Å². The van der Waals surface area contributed by atoms with Crippen molar-refractivity contribution in [1.29, 1.82) is 0 Å². The van der Waals surface area contributed by atoms with Gasteiger partial charge in [0.15, 0.2) is 0 Å². The molecule has 0 radical (unpaired) electrons. The molecule has 0 aromatic heterocycles. The van der Waals surface area contributed by atoms with Crippen LogP contribution in [0.2, 0.25) is 15.1 Å². The molecule has 2 aromatic rings. The van der Waals surface area contributed by atoms with Crippen molar-refractivity contribution < 1.29 is 0 Å². The van der Waals surface area contributed by atoms with E-state index in [1.165, 1.54) is 5.56 Å². The fourth-order valence-corrected chi connectivity index (χ4v) is 2.75. The molecule has 0 aliphatic rings. The van der Waals surface area contributed by atoms with E-state index in [9.17, 15) is 0 Å². The van der Waals surface area contributed by atoms with Crippen molar-refractivity contribution in [1.82, 2.24) is 4.90 Å². The van der Waals surface area contributed by atoms with E-state index in [4.69, 9.17) is 34.8 Å². The maximum Gasteiger partial charge on any atom is 0.0496 e. The van der Waals surface area contributed by atoms with Crippen molar-refractivity contribution in [3.8, 4) is 0 Å². The topological polar surface area (TPSA) is 3.24 Å². The average Bonchev–Trinajstić information content (AvgIpc) is 2.40. The highest BCUT2D eigenvalue weighted by Crippen LogP contribution is 2.29. The second kappa shape index (κ2) is 7.22. The largest absolute Gasteiger partial charge is 0.383 e. The van der Waals surface area contributed by atoms with Gasteiger partial charge in [0.1, 0.15) is 0 Å². The van der Waals surface area contributed by atoms with Crippen LogP contribution in [-0.2, 0) is 6.42 Å². The van der Waals surface area contributed by atoms with Crippen molar-refractivity contribution >= 4 is 40.4 Å². The minimum Gasteiger partial charge on any atom is -0.383 e. The molecular formula is C17H16Cl3N. The third kappa shape index (κ3) is 4.67. The lowest BCUT2D eigenvalue weighted by molar-refractivity contribution is 0.564. The molecule has 0 fully saturated rings. The Morgan fingerprint density at radius 2 is 1.57 bits per heavy atom. The predicted octanol–water partition coefficient (Wildman–Crippen LogP) is 5.79. The summed E-state index contributed by atoms with van der Waals surface area (Å²) in [4.78, 5) is 2.01. The second-order valence-corrected chi connectivity index (χ2v) is 6.33. The first kappa shape index (κ1) is 16.2. The Balaban J connectivity index is 2.37. The Kier molecular flexibility index (Phi) is 5.58. The monoisotopic (exact) mass is 339 g/mol. The van der Waals surface area contributed by atoms with Crippen LogP contribution >= 0.6 is 34.8 Å². The first-order chi connectivity index (χ1) is 9.95. The lowest BCUT2D eigenvalue weighted by Crippen LogP contribution is -2.04. The van der Waals surface area contributed by atoms with E-state index in [0.717, 1.165) is 22.6 Å². The van der Waals surface area contributed by atoms with Crippen molar-refractivity contribution in [3.63, 3.8) is 0 Å². The van der Waals surface area contributed by atoms with Gasteiger partial charge in [0.25, 0.3) is 0 Å². The number of nitrogens with zero attached hydrogens (tertiary/aromatic N) is 1. The molecule has 4 heteroatoms. The molecule has 0 amide bonds. The number of hydrogen-bond donors (Lipinski definition) is 0. The van der Waals surface area contributed by atoms with Gasteiger partial charge in [0.05, 0.1) is 0 Å². The third-order valence-corrected chi connectivity index (χ3v) is 3.80. The summed E-state index contributed by atoms with van der Waals surface area (Å²) in [5.41, 5.74) is 3.30. The molecule has 0 heterocycles. The summed E-state index contributed by atoms with van der Waals surface area (Å²) < 4.78 is 0. The van der Waals surface area contributed by atoms with Crippen LogP contribution in [0.1, 0.15) is 11.1 Å². The molecule has 21 heavy (non-hydrogen) atoms. The van der Waals surface area contributed by atoms with Gasteiger partial charge in [-0.1, -0.05) is 53.0 Å². The highest BCUT2D eigenvalue weighted by atomic mass is 35.5. The molecule has 2 rings (SSSR count). The first-order valence-corrected chi connectivity index (χ1v) is 7.66. The average molecular weight is 341 g/mol. The minimum absolute atomic E-state index is 0.638. The van der Waals surface area contributed by atoms with Crippen LogP contribution in [0.5, 0.6) is 0 Å². The highest BCUT2D eigenvalue weighted by Gasteiger charge is 2.09. The molecule has 0 bridgehead atoms. The predicted molar refractivity (Wildman–Crippen MR) is 93.3 cm³/mol. The van der Waals surface area contributed by atoms with Gasteiger partial charge in [-0.15, -0.1) is 0 Å². The summed E-state index contributed by atoms with van der Waals surface area (Å²) in [7, 11) is 3.98. The number of benzene rings is 2. The zero-order valence-electron chi connectivity index (χ0n) is 11.9. The Hall–Kier alpha value is -1.15. The molecule has 110 valence electrons. The Morgan fingerprint density at radius 1 is 0.952 bits per heavy atom. The summed E-state index contributed by atoms with van der Waals surface area (Å²) in [6.45, 7) is 0. The van der Waals surface area contributed by atoms with Crippen LogP contribution in [0.4, 0.5) is 0 Å². The van der Waals surface area contributed by atoms with E-state index in [-0.39, 0.29) is 0 Å². The summed E-state index contributed by atoms with van der Waals surface area (Å²) in [6, 6.07) is 13.4. The molecule has 0 aliphatic carbocycles. The lowest BCUT2D eigenvalue weighted by Gasteiger charge is -2.14. The van der Waals surface area contributed by atoms with Gasteiger partial charge in [0.2, 0.25) is 0 Å². The Labute approximate surface area is 140 Å². The molecule has 0 unspecified atom stereocenters. The minimum atomic E-state index is 0.638. The number of rotatable bonds is 4. The number of allylic oxidation sites excluding steroid dienone is 1. The standard InChI is InChI=1S/C17H16Cl3N/c1-21(2)11-13(9-12-3-5-14(18)6-4-12)16-8-7-15(19)10-17(16)20/h3-8,10-11H,9H2,1-2H3/b13-11+. The van der Waals surface area contributed by atoms with E-state index in [0.29, 0.717) is 10.0 Å². The van der Waals surface area contributed by atoms with Gasteiger partial charge in [-0.3, -0.25) is 0 Å². The molecule has 0 aliphatic heterocycles. The van der Waals surface area contributed by atoms with E-state index >= 15 is 0 Å². The fourth-order valence-electron chi connectivity index (χ4n) is 2.09. The Morgan fingerprint density at radius 3 is 2.14 bits per heavy atom. The highest BCUT2D eigenvalue weighted by molar-refractivity contribution is 6.35. The quantitative estimate of drug-likeness (QED) is 0.680. The summed E-state index contributed by atoms with van der Waals surface area (Å²) >= 11 is 18.2. The zero-order chi connectivity index (χ0) is 15.4. The summed E-state index contributed by atoms with van der Waals surface area (Å²) in [5.74, 6) is 0. The molecular weight excluding hydrogens is 325 g/mol. The van der Waals surface area contributed by atoms with Crippen LogP contribution in [-0.4, -0.2) is 19.0 Å². The molecule has 0 saturated carbocycles. The SMILES string of the molecule is CN(C)/C=C(\Cc1ccc(Cl)cc1)c1ccc(Cl)cc1Cl. The van der Waals surface area contributed by atoms with Crippen LogP contribution < -0.4 is 0 Å². The molecule has 0 saturated heterocycles. The first-order valence-electron chi connectivity index (χ1n) is 6.52. The van der Waals surface area contributed by atoms with E-state index in [2.05, 4.69) is 6.20 Å². The van der Waals surface area contributed by atoms with Crippen LogP contribution in [0.25, 0.3) is 5.57 Å². The molecule has 0 atom stereocenters. The summed E-state index contributed by atoms with van der Waals surface area (Å²) in [5, 5.41) is 2.03. The molecule has 1 nitrogen and oxygen atoms in total. The van der Waals surface area contributed by atoms with E-state index < -0.39 is 0 Å². The summed E-state index contributed by atoms with van der Waals surface area (Å²) in [6.07, 6.45) is 2.85. The third-order valence-electron chi connectivity index (χ3n) is 3.00. The van der Waals surface area contributed by atoms with Gasteiger partial charge in [-0.05, 0) is 47.4 Å². The maximum atomic E-state index is 6.33. The van der Waals surface area contributed by atoms with Gasteiger partial charge < -0.3 is 4.90 Å². The normalized spacial score (nSPS) is 11.6. The lowest BCUT2D eigenvalue weighted by atomic mass is 9.99. The van der Waals surface area contributed by atoms with Gasteiger partial charge in [-0.2, -0.15) is 0 Å². The molecule has 2 aromatic carbocycles. The zero-order valence-corrected chi connectivity index (χ0v) is 14.2. The van der Waals surface area contributed by atoms with E-state index in [1.54, 1.807) is 6.07 Å². The van der Waals surface area contributed by atoms with E-state index in [1.807, 2.05) is 55.4 Å². The number of hydrogen-bond acceptors (Lipinski definition) is 1.